The molecule has 1 aromatic heterocycles. The molecule has 3 rings (SSSR count). The fourth-order valence-electron chi connectivity index (χ4n) is 4.29. The SMILES string of the molecule is C=C1NCCc2c[nH]c3c(CCCCCCCC)ccc(c23)NC1C(C)C. The molecule has 2 aromatic rings. The highest BCUT2D eigenvalue weighted by Crippen LogP contribution is 2.33. The Morgan fingerprint density at radius 1 is 1.11 bits per heavy atom. The van der Waals surface area contributed by atoms with Crippen LogP contribution in [0.1, 0.15) is 70.4 Å². The maximum atomic E-state index is 4.28. The lowest BCUT2D eigenvalue weighted by Crippen LogP contribution is -2.34. The van der Waals surface area contributed by atoms with E-state index in [0.717, 1.165) is 18.7 Å². The quantitative estimate of drug-likeness (QED) is 0.488. The lowest BCUT2D eigenvalue weighted by atomic mass is 9.98. The second kappa shape index (κ2) is 9.34. The van der Waals surface area contributed by atoms with E-state index in [9.17, 15) is 0 Å². The van der Waals surface area contributed by atoms with Gasteiger partial charge < -0.3 is 15.6 Å². The maximum absolute atomic E-state index is 4.28. The molecule has 0 aliphatic carbocycles. The molecule has 3 N–H and O–H groups in total. The monoisotopic (exact) mass is 367 g/mol. The first-order chi connectivity index (χ1) is 13.1. The number of aromatic amines is 1. The lowest BCUT2D eigenvalue weighted by molar-refractivity contribution is 0.548. The van der Waals surface area contributed by atoms with Crippen LogP contribution in [0.25, 0.3) is 10.9 Å². The molecule has 0 bridgehead atoms. The molecule has 0 spiro atoms. The minimum absolute atomic E-state index is 0.249. The van der Waals surface area contributed by atoms with Crippen LogP contribution in [0.4, 0.5) is 5.69 Å². The van der Waals surface area contributed by atoms with Gasteiger partial charge in [0.1, 0.15) is 0 Å². The van der Waals surface area contributed by atoms with E-state index in [-0.39, 0.29) is 6.04 Å². The fourth-order valence-corrected chi connectivity index (χ4v) is 4.29. The van der Waals surface area contributed by atoms with Crippen LogP contribution in [0, 0.1) is 5.92 Å². The van der Waals surface area contributed by atoms with Crippen molar-refractivity contribution >= 4 is 16.6 Å². The van der Waals surface area contributed by atoms with Crippen molar-refractivity contribution in [2.75, 3.05) is 11.9 Å². The molecule has 1 unspecified atom stereocenters. The zero-order valence-corrected chi connectivity index (χ0v) is 17.5. The normalized spacial score (nSPS) is 17.3. The van der Waals surface area contributed by atoms with Crippen molar-refractivity contribution in [2.45, 2.75) is 78.2 Å². The predicted molar refractivity (Wildman–Crippen MR) is 118 cm³/mol. The highest BCUT2D eigenvalue weighted by molar-refractivity contribution is 5.97. The number of hydrogen-bond acceptors (Lipinski definition) is 2. The topological polar surface area (TPSA) is 39.9 Å². The summed E-state index contributed by atoms with van der Waals surface area (Å²) in [6, 6.07) is 4.86. The van der Waals surface area contributed by atoms with Gasteiger partial charge in [-0.15, -0.1) is 0 Å². The van der Waals surface area contributed by atoms with Gasteiger partial charge in [0.15, 0.2) is 0 Å². The van der Waals surface area contributed by atoms with Gasteiger partial charge >= 0.3 is 0 Å². The Kier molecular flexibility index (Phi) is 6.87. The first-order valence-corrected chi connectivity index (χ1v) is 10.9. The first-order valence-electron chi connectivity index (χ1n) is 10.9. The van der Waals surface area contributed by atoms with Gasteiger partial charge in [0.2, 0.25) is 0 Å². The number of nitrogens with one attached hydrogen (secondary N) is 3. The standard InChI is InChI=1S/C24H37N3/c1-5-6-7-8-9-10-11-19-12-13-21-22-20(16-26-24(19)22)14-15-25-18(4)23(27-21)17(2)3/h12-13,16-17,23,25-27H,4-11,14-15H2,1-3H3. The van der Waals surface area contributed by atoms with Crippen LogP contribution in [0.3, 0.4) is 0 Å². The van der Waals surface area contributed by atoms with E-state index in [0.29, 0.717) is 5.92 Å². The minimum atomic E-state index is 0.249. The van der Waals surface area contributed by atoms with E-state index in [1.807, 2.05) is 0 Å². The highest BCUT2D eigenvalue weighted by Gasteiger charge is 2.21. The van der Waals surface area contributed by atoms with Crippen molar-refractivity contribution in [3.8, 4) is 0 Å². The van der Waals surface area contributed by atoms with Crippen LogP contribution in [0.15, 0.2) is 30.6 Å². The summed E-state index contributed by atoms with van der Waals surface area (Å²) < 4.78 is 0. The van der Waals surface area contributed by atoms with Gasteiger partial charge in [-0.1, -0.05) is 65.5 Å². The third-order valence-corrected chi connectivity index (χ3v) is 5.90. The molecule has 3 heteroatoms. The van der Waals surface area contributed by atoms with Gasteiger partial charge in [0, 0.05) is 29.5 Å². The van der Waals surface area contributed by atoms with Crippen LogP contribution in [0.2, 0.25) is 0 Å². The molecule has 3 nitrogen and oxygen atoms in total. The summed E-state index contributed by atoms with van der Waals surface area (Å²) in [5.74, 6) is 0.489. The molecule has 0 fully saturated rings. The zero-order chi connectivity index (χ0) is 19.2. The summed E-state index contributed by atoms with van der Waals surface area (Å²) in [6.45, 7) is 12.0. The Balaban J connectivity index is 1.80. The molecule has 1 aromatic carbocycles. The summed E-state index contributed by atoms with van der Waals surface area (Å²) in [7, 11) is 0. The average Bonchev–Trinajstić information content (AvgIpc) is 3.09. The van der Waals surface area contributed by atoms with E-state index in [1.54, 1.807) is 0 Å². The van der Waals surface area contributed by atoms with Crippen molar-refractivity contribution in [3.63, 3.8) is 0 Å². The first kappa shape index (κ1) is 19.9. The number of anilines is 1. The smallest absolute Gasteiger partial charge is 0.0676 e. The van der Waals surface area contributed by atoms with Crippen molar-refractivity contribution in [1.82, 2.24) is 10.3 Å². The van der Waals surface area contributed by atoms with Crippen LogP contribution in [0.5, 0.6) is 0 Å². The van der Waals surface area contributed by atoms with E-state index < -0.39 is 0 Å². The molecule has 1 aliphatic rings. The average molecular weight is 368 g/mol. The Morgan fingerprint density at radius 2 is 1.89 bits per heavy atom. The predicted octanol–water partition coefficient (Wildman–Crippen LogP) is 6.17. The Bertz CT molecular complexity index is 756. The molecule has 2 heterocycles. The molecular formula is C24H37N3. The van der Waals surface area contributed by atoms with Crippen LogP contribution >= 0.6 is 0 Å². The van der Waals surface area contributed by atoms with Gasteiger partial charge in [-0.05, 0) is 42.4 Å². The zero-order valence-electron chi connectivity index (χ0n) is 17.5. The molecule has 0 radical (unpaired) electrons. The van der Waals surface area contributed by atoms with Gasteiger partial charge in [0.05, 0.1) is 11.6 Å². The van der Waals surface area contributed by atoms with Crippen LogP contribution in [-0.4, -0.2) is 17.6 Å². The number of aromatic nitrogens is 1. The third kappa shape index (κ3) is 4.69. The number of benzene rings is 1. The number of rotatable bonds is 8. The van der Waals surface area contributed by atoms with Crippen molar-refractivity contribution < 1.29 is 0 Å². The maximum Gasteiger partial charge on any atom is 0.0676 e. The largest absolute Gasteiger partial charge is 0.387 e. The Morgan fingerprint density at radius 3 is 2.67 bits per heavy atom. The summed E-state index contributed by atoms with van der Waals surface area (Å²) in [5, 5.41) is 8.69. The van der Waals surface area contributed by atoms with E-state index in [2.05, 4.69) is 61.3 Å². The summed E-state index contributed by atoms with van der Waals surface area (Å²) in [5.41, 5.74) is 6.55. The molecule has 0 amide bonds. The third-order valence-electron chi connectivity index (χ3n) is 5.90. The Labute approximate surface area is 165 Å². The molecule has 148 valence electrons. The van der Waals surface area contributed by atoms with Crippen molar-refractivity contribution in [3.05, 3.63) is 41.7 Å². The highest BCUT2D eigenvalue weighted by atomic mass is 15.0. The summed E-state index contributed by atoms with van der Waals surface area (Å²) in [6.07, 6.45) is 12.5. The summed E-state index contributed by atoms with van der Waals surface area (Å²) in [4.78, 5) is 3.59. The van der Waals surface area contributed by atoms with Gasteiger partial charge in [-0.3, -0.25) is 0 Å². The van der Waals surface area contributed by atoms with E-state index in [1.165, 1.54) is 72.7 Å². The summed E-state index contributed by atoms with van der Waals surface area (Å²) >= 11 is 0. The Hall–Kier alpha value is -1.90. The molecule has 0 saturated carbocycles. The second-order valence-electron chi connectivity index (χ2n) is 8.42. The fraction of sp³-hybridized carbons (Fsp3) is 0.583. The van der Waals surface area contributed by atoms with Crippen LogP contribution in [-0.2, 0) is 12.8 Å². The van der Waals surface area contributed by atoms with Crippen molar-refractivity contribution in [1.29, 1.82) is 0 Å². The number of unbranched alkanes of at least 4 members (excludes halogenated alkanes) is 5. The van der Waals surface area contributed by atoms with Gasteiger partial charge in [0.25, 0.3) is 0 Å². The molecule has 0 saturated heterocycles. The van der Waals surface area contributed by atoms with E-state index in [4.69, 9.17) is 0 Å². The molecule has 27 heavy (non-hydrogen) atoms. The second-order valence-corrected chi connectivity index (χ2v) is 8.42. The van der Waals surface area contributed by atoms with Crippen LogP contribution < -0.4 is 10.6 Å². The molecule has 1 aliphatic heterocycles. The van der Waals surface area contributed by atoms with E-state index >= 15 is 0 Å². The minimum Gasteiger partial charge on any atom is -0.387 e. The lowest BCUT2D eigenvalue weighted by Gasteiger charge is -2.26. The van der Waals surface area contributed by atoms with Gasteiger partial charge in [-0.2, -0.15) is 0 Å². The number of aryl methyl sites for hydroxylation is 1. The number of hydrogen-bond donors (Lipinski definition) is 3. The van der Waals surface area contributed by atoms with Gasteiger partial charge in [-0.25, -0.2) is 0 Å². The molecular weight excluding hydrogens is 330 g/mol. The number of H-pyrrole nitrogens is 1. The van der Waals surface area contributed by atoms with Crippen molar-refractivity contribution in [2.24, 2.45) is 5.92 Å². The molecule has 1 atom stereocenters.